The summed E-state index contributed by atoms with van der Waals surface area (Å²) >= 11 is 6.14. The molecule has 0 aromatic heterocycles. The number of benzene rings is 4. The van der Waals surface area contributed by atoms with E-state index in [2.05, 4.69) is 5.32 Å². The van der Waals surface area contributed by atoms with Gasteiger partial charge in [-0.25, -0.2) is 12.8 Å². The van der Waals surface area contributed by atoms with Gasteiger partial charge >= 0.3 is 0 Å². The summed E-state index contributed by atoms with van der Waals surface area (Å²) in [5, 5.41) is 3.31. The number of nitrogens with one attached hydrogen (secondary N) is 1. The van der Waals surface area contributed by atoms with Crippen LogP contribution in [0.3, 0.4) is 0 Å². The first kappa shape index (κ1) is 36.2. The lowest BCUT2D eigenvalue weighted by Gasteiger charge is -2.34. The summed E-state index contributed by atoms with van der Waals surface area (Å²) in [7, 11) is -1.57. The average Bonchev–Trinajstić information content (AvgIpc) is 3.10. The maximum Gasteiger partial charge on any atom is 0.264 e. The number of sulfonamides is 1. The summed E-state index contributed by atoms with van der Waals surface area (Å²) in [4.78, 5) is 29.6. The predicted molar refractivity (Wildman–Crippen MR) is 184 cm³/mol. The zero-order valence-corrected chi connectivity index (χ0v) is 28.6. The molecule has 0 saturated heterocycles. The Morgan fingerprint density at radius 2 is 1.54 bits per heavy atom. The summed E-state index contributed by atoms with van der Waals surface area (Å²) < 4.78 is 54.1. The van der Waals surface area contributed by atoms with Gasteiger partial charge < -0.3 is 19.7 Å². The third-order valence-electron chi connectivity index (χ3n) is 7.70. The highest BCUT2D eigenvalue weighted by molar-refractivity contribution is 7.92. The fraction of sp³-hybridized carbons (Fsp3) is 0.278. The number of nitrogens with zero attached hydrogens (tertiary/aromatic N) is 2. The Hall–Kier alpha value is -4.61. The fourth-order valence-corrected chi connectivity index (χ4v) is 6.64. The lowest BCUT2D eigenvalue weighted by Crippen LogP contribution is -2.53. The van der Waals surface area contributed by atoms with Gasteiger partial charge in [0.1, 0.15) is 18.4 Å². The number of rotatable bonds is 16. The molecule has 4 aromatic carbocycles. The Bertz CT molecular complexity index is 1770. The topological polar surface area (TPSA) is 105 Å². The Balaban J connectivity index is 1.80. The van der Waals surface area contributed by atoms with Crippen molar-refractivity contribution in [2.75, 3.05) is 31.6 Å². The number of hydrogen-bond donors (Lipinski definition) is 1. The molecule has 4 rings (SSSR count). The van der Waals surface area contributed by atoms with Gasteiger partial charge in [-0.05, 0) is 66.1 Å². The first-order chi connectivity index (χ1) is 23.1. The SMILES string of the molecule is CCCCNC(=O)C(Cc1ccccc1)N(Cc1ccc(F)cc1)C(=O)CN(c1ccc(Cl)cc1)S(=O)(=O)c1ccc(OC)c(OC)c1. The van der Waals surface area contributed by atoms with E-state index in [1.54, 1.807) is 0 Å². The largest absolute Gasteiger partial charge is 0.493 e. The van der Waals surface area contributed by atoms with E-state index in [0.29, 0.717) is 22.9 Å². The molecule has 0 heterocycles. The molecule has 0 fully saturated rings. The first-order valence-electron chi connectivity index (χ1n) is 15.4. The Morgan fingerprint density at radius 3 is 2.17 bits per heavy atom. The Morgan fingerprint density at radius 1 is 0.875 bits per heavy atom. The monoisotopic (exact) mass is 695 g/mol. The van der Waals surface area contributed by atoms with E-state index < -0.39 is 34.3 Å². The quantitative estimate of drug-likeness (QED) is 0.139. The van der Waals surface area contributed by atoms with Crippen LogP contribution in [-0.2, 0) is 32.6 Å². The number of carbonyl (C=O) groups excluding carboxylic acids is 2. The van der Waals surface area contributed by atoms with E-state index in [1.807, 2.05) is 37.3 Å². The van der Waals surface area contributed by atoms with Crippen molar-refractivity contribution in [2.45, 2.75) is 43.7 Å². The molecule has 0 saturated carbocycles. The molecule has 1 N–H and O–H groups in total. The highest BCUT2D eigenvalue weighted by atomic mass is 35.5. The van der Waals surface area contributed by atoms with Gasteiger partial charge in [-0.2, -0.15) is 0 Å². The standard InChI is InChI=1S/C36H39ClFN3O6S/c1-4-5-21-39-36(43)32(22-26-9-7-6-8-10-26)40(24-27-11-15-29(38)16-12-27)35(42)25-41(30-17-13-28(37)14-18-30)48(44,45)31-19-20-33(46-2)34(23-31)47-3/h6-20,23,32H,4-5,21-22,24-25H2,1-3H3,(H,39,43). The van der Waals surface area contributed by atoms with E-state index in [0.717, 1.165) is 22.7 Å². The number of unbranched alkanes of at least 4 members (excludes halogenated alkanes) is 1. The van der Waals surface area contributed by atoms with Crippen molar-refractivity contribution in [3.05, 3.63) is 119 Å². The smallest absolute Gasteiger partial charge is 0.264 e. The van der Waals surface area contributed by atoms with Crippen LogP contribution in [0.5, 0.6) is 11.5 Å². The molecule has 0 spiro atoms. The molecule has 254 valence electrons. The summed E-state index contributed by atoms with van der Waals surface area (Å²) in [6.07, 6.45) is 1.75. The van der Waals surface area contributed by atoms with Crippen molar-refractivity contribution >= 4 is 39.1 Å². The average molecular weight is 696 g/mol. The predicted octanol–water partition coefficient (Wildman–Crippen LogP) is 6.25. The first-order valence-corrected chi connectivity index (χ1v) is 17.2. The summed E-state index contributed by atoms with van der Waals surface area (Å²) in [5.74, 6) is -0.974. The van der Waals surface area contributed by atoms with Gasteiger partial charge in [-0.3, -0.25) is 13.9 Å². The fourth-order valence-electron chi connectivity index (χ4n) is 5.09. The van der Waals surface area contributed by atoms with E-state index in [4.69, 9.17) is 21.1 Å². The van der Waals surface area contributed by atoms with E-state index in [9.17, 15) is 22.4 Å². The van der Waals surface area contributed by atoms with Gasteiger partial charge in [0.25, 0.3) is 10.0 Å². The van der Waals surface area contributed by atoms with Crippen LogP contribution in [0.1, 0.15) is 30.9 Å². The second kappa shape index (κ2) is 17.0. The molecular weight excluding hydrogens is 657 g/mol. The van der Waals surface area contributed by atoms with Crippen LogP contribution in [0.4, 0.5) is 10.1 Å². The molecular formula is C36H39ClFN3O6S. The molecule has 0 aliphatic carbocycles. The number of methoxy groups -OCH3 is 2. The number of amides is 2. The lowest BCUT2D eigenvalue weighted by molar-refractivity contribution is -0.140. The van der Waals surface area contributed by atoms with Gasteiger partial charge in [0, 0.05) is 30.6 Å². The minimum atomic E-state index is -4.40. The summed E-state index contributed by atoms with van der Waals surface area (Å²) in [6, 6.07) is 24.0. The molecule has 2 amide bonds. The van der Waals surface area contributed by atoms with Gasteiger partial charge in [0.2, 0.25) is 11.8 Å². The highest BCUT2D eigenvalue weighted by Gasteiger charge is 2.35. The van der Waals surface area contributed by atoms with Crippen LogP contribution in [0.2, 0.25) is 5.02 Å². The molecule has 0 bridgehead atoms. The molecule has 9 nitrogen and oxygen atoms in total. The van der Waals surface area contributed by atoms with Crippen molar-refractivity contribution in [3.8, 4) is 11.5 Å². The molecule has 0 aliphatic heterocycles. The third kappa shape index (κ3) is 9.26. The zero-order valence-electron chi connectivity index (χ0n) is 27.1. The molecule has 48 heavy (non-hydrogen) atoms. The number of anilines is 1. The lowest BCUT2D eigenvalue weighted by atomic mass is 10.0. The van der Waals surface area contributed by atoms with Crippen molar-refractivity contribution < 1.29 is 31.9 Å². The highest BCUT2D eigenvalue weighted by Crippen LogP contribution is 2.33. The van der Waals surface area contributed by atoms with Crippen LogP contribution in [0.25, 0.3) is 0 Å². The molecule has 0 aliphatic rings. The number of carbonyl (C=O) groups is 2. The zero-order chi connectivity index (χ0) is 34.7. The molecule has 4 aromatic rings. The summed E-state index contributed by atoms with van der Waals surface area (Å²) in [6.45, 7) is 1.67. The van der Waals surface area contributed by atoms with Gasteiger partial charge in [-0.1, -0.05) is 67.4 Å². The third-order valence-corrected chi connectivity index (χ3v) is 9.73. The van der Waals surface area contributed by atoms with Crippen LogP contribution in [0.15, 0.2) is 102 Å². The van der Waals surface area contributed by atoms with Crippen LogP contribution < -0.4 is 19.1 Å². The molecule has 1 atom stereocenters. The van der Waals surface area contributed by atoms with Crippen molar-refractivity contribution in [3.63, 3.8) is 0 Å². The normalized spacial score (nSPS) is 11.8. The maximum atomic E-state index is 14.5. The number of ether oxygens (including phenoxy) is 2. The molecule has 12 heteroatoms. The van der Waals surface area contributed by atoms with Crippen LogP contribution >= 0.6 is 11.6 Å². The van der Waals surface area contributed by atoms with Gasteiger partial charge in [-0.15, -0.1) is 0 Å². The molecule has 1 unspecified atom stereocenters. The Labute approximate surface area is 286 Å². The number of hydrogen-bond acceptors (Lipinski definition) is 6. The van der Waals surface area contributed by atoms with E-state index in [-0.39, 0.29) is 35.2 Å². The van der Waals surface area contributed by atoms with Crippen LogP contribution in [0, 0.1) is 5.82 Å². The second-order valence-electron chi connectivity index (χ2n) is 11.0. The van der Waals surface area contributed by atoms with Crippen molar-refractivity contribution in [2.24, 2.45) is 0 Å². The van der Waals surface area contributed by atoms with E-state index in [1.165, 1.54) is 85.8 Å². The summed E-state index contributed by atoms with van der Waals surface area (Å²) in [5.41, 5.74) is 1.54. The van der Waals surface area contributed by atoms with Gasteiger partial charge in [0.15, 0.2) is 11.5 Å². The van der Waals surface area contributed by atoms with E-state index >= 15 is 0 Å². The van der Waals surface area contributed by atoms with Gasteiger partial charge in [0.05, 0.1) is 24.8 Å². The minimum Gasteiger partial charge on any atom is -0.493 e. The van der Waals surface area contributed by atoms with Crippen molar-refractivity contribution in [1.82, 2.24) is 10.2 Å². The maximum absolute atomic E-state index is 14.5. The van der Waals surface area contributed by atoms with Crippen LogP contribution in [-0.4, -0.2) is 58.5 Å². The minimum absolute atomic E-state index is 0.0807. The Kier molecular flexibility index (Phi) is 12.8. The van der Waals surface area contributed by atoms with Crippen molar-refractivity contribution in [1.29, 1.82) is 0 Å². The molecule has 0 radical (unpaired) electrons. The number of halogens is 2. The second-order valence-corrected chi connectivity index (χ2v) is 13.3.